The number of allylic oxidation sites excluding steroid dienone is 4. The molecule has 0 aliphatic heterocycles. The zero-order valence-corrected chi connectivity index (χ0v) is 61.0. The number of hydrogen-bond acceptors (Lipinski definition) is 15. The van der Waals surface area contributed by atoms with Crippen LogP contribution in [0.2, 0.25) is 0 Å². The van der Waals surface area contributed by atoms with Crippen LogP contribution in [-0.2, 0) is 65.4 Å². The Bertz CT molecular complexity index is 1870. The average Bonchev–Trinajstić information content (AvgIpc) is 3.74. The van der Waals surface area contributed by atoms with Crippen molar-refractivity contribution in [2.75, 3.05) is 39.6 Å². The van der Waals surface area contributed by atoms with Gasteiger partial charge in [0.05, 0.1) is 26.4 Å². The summed E-state index contributed by atoms with van der Waals surface area (Å²) >= 11 is 0. The summed E-state index contributed by atoms with van der Waals surface area (Å²) in [5.41, 5.74) is 0. The predicted octanol–water partition coefficient (Wildman–Crippen LogP) is 20.9. The van der Waals surface area contributed by atoms with Gasteiger partial charge in [-0.25, -0.2) is 9.13 Å². The first-order chi connectivity index (χ1) is 44.6. The molecule has 0 aromatic carbocycles. The van der Waals surface area contributed by atoms with E-state index in [2.05, 4.69) is 58.9 Å². The smallest absolute Gasteiger partial charge is 0.462 e. The molecule has 19 heteroatoms. The van der Waals surface area contributed by atoms with Crippen LogP contribution in [0.4, 0.5) is 0 Å². The molecule has 0 amide bonds. The Morgan fingerprint density at radius 2 is 0.609 bits per heavy atom. The lowest BCUT2D eigenvalue weighted by atomic mass is 10.00. The van der Waals surface area contributed by atoms with E-state index in [-0.39, 0.29) is 25.7 Å². The minimum Gasteiger partial charge on any atom is -0.462 e. The zero-order valence-electron chi connectivity index (χ0n) is 59.2. The maximum Gasteiger partial charge on any atom is 0.472 e. The number of unbranched alkanes of at least 4 members (excludes halogenated alkanes) is 39. The van der Waals surface area contributed by atoms with Gasteiger partial charge < -0.3 is 33.8 Å². The van der Waals surface area contributed by atoms with Crippen molar-refractivity contribution in [1.82, 2.24) is 0 Å². The molecule has 17 nitrogen and oxygen atoms in total. The maximum absolute atomic E-state index is 13.0. The minimum absolute atomic E-state index is 0.101. The van der Waals surface area contributed by atoms with Gasteiger partial charge in [-0.2, -0.15) is 0 Å². The van der Waals surface area contributed by atoms with Crippen LogP contribution >= 0.6 is 15.6 Å². The number of aliphatic hydroxyl groups is 1. The van der Waals surface area contributed by atoms with Crippen molar-refractivity contribution in [3.05, 3.63) is 24.3 Å². The van der Waals surface area contributed by atoms with Crippen LogP contribution in [0.5, 0.6) is 0 Å². The Labute approximate surface area is 561 Å². The van der Waals surface area contributed by atoms with Crippen LogP contribution in [0.3, 0.4) is 0 Å². The first kappa shape index (κ1) is 89.5. The van der Waals surface area contributed by atoms with Crippen LogP contribution < -0.4 is 0 Å². The van der Waals surface area contributed by atoms with E-state index >= 15 is 0 Å². The number of carbonyl (C=O) groups excluding carboxylic acids is 4. The summed E-state index contributed by atoms with van der Waals surface area (Å²) < 4.78 is 68.3. The van der Waals surface area contributed by atoms with Crippen molar-refractivity contribution in [2.24, 2.45) is 5.92 Å². The molecule has 0 saturated carbocycles. The normalized spacial score (nSPS) is 14.5. The summed E-state index contributed by atoms with van der Waals surface area (Å²) in [5.74, 6) is -1.42. The standard InChI is InChI=1S/C73H138O17P2/c1-6-10-13-16-19-22-25-27-29-31-33-36-39-42-49-54-59-73(78)89-68(62-83-70(75)56-51-46-40-37-35-32-30-28-26-23-20-17-14-11-7-2)64-87-91(79,80)85-60-67(74)61-86-92(81,82)88-65-69(63-84-71(76)57-52-47-44-43-45-50-55-66(5)9-4)90-72(77)58-53-48-41-38-34-24-21-18-15-12-8-3/h23,26,28,30,66-69,74H,6-22,24-25,27,29,31-65H2,1-5H3,(H,79,80)(H,81,82)/b26-23-,30-28-/t66?,67-,68-,69-/m1/s1. The fraction of sp³-hybridized carbons (Fsp3) is 0.890. The summed E-state index contributed by atoms with van der Waals surface area (Å²) in [6.45, 7) is 7.16. The van der Waals surface area contributed by atoms with Gasteiger partial charge >= 0.3 is 39.5 Å². The molecule has 0 aromatic rings. The number of hydrogen-bond donors (Lipinski definition) is 3. The lowest BCUT2D eigenvalue weighted by Crippen LogP contribution is -2.30. The van der Waals surface area contributed by atoms with Gasteiger partial charge in [0.15, 0.2) is 12.2 Å². The topological polar surface area (TPSA) is 237 Å². The average molecular weight is 1350 g/mol. The molecule has 542 valence electrons. The fourth-order valence-electron chi connectivity index (χ4n) is 10.6. The third-order valence-electron chi connectivity index (χ3n) is 16.8. The summed E-state index contributed by atoms with van der Waals surface area (Å²) in [4.78, 5) is 72.6. The monoisotopic (exact) mass is 1350 g/mol. The molecule has 0 aliphatic rings. The van der Waals surface area contributed by atoms with Crippen LogP contribution in [-0.4, -0.2) is 96.7 Å². The Kier molecular flexibility index (Phi) is 64.0. The number of carbonyl (C=O) groups is 4. The highest BCUT2D eigenvalue weighted by Crippen LogP contribution is 2.45. The van der Waals surface area contributed by atoms with E-state index in [1.807, 2.05) is 0 Å². The van der Waals surface area contributed by atoms with Gasteiger partial charge in [0.2, 0.25) is 0 Å². The van der Waals surface area contributed by atoms with E-state index in [9.17, 15) is 43.2 Å². The van der Waals surface area contributed by atoms with Crippen molar-refractivity contribution in [1.29, 1.82) is 0 Å². The van der Waals surface area contributed by atoms with Gasteiger partial charge in [-0.15, -0.1) is 0 Å². The van der Waals surface area contributed by atoms with Crippen molar-refractivity contribution >= 4 is 39.5 Å². The highest BCUT2D eigenvalue weighted by molar-refractivity contribution is 7.47. The van der Waals surface area contributed by atoms with Crippen molar-refractivity contribution < 1.29 is 80.2 Å². The number of ether oxygens (including phenoxy) is 4. The highest BCUT2D eigenvalue weighted by Gasteiger charge is 2.30. The first-order valence-corrected chi connectivity index (χ1v) is 40.5. The molecule has 0 rings (SSSR count). The molecule has 0 aliphatic carbocycles. The molecule has 3 N–H and O–H groups in total. The van der Waals surface area contributed by atoms with E-state index in [4.69, 9.17) is 37.0 Å². The summed E-state index contributed by atoms with van der Waals surface area (Å²) in [6.07, 6.45) is 56.2. The molecule has 3 unspecified atom stereocenters. The third kappa shape index (κ3) is 64.9. The van der Waals surface area contributed by atoms with Crippen LogP contribution in [0, 0.1) is 5.92 Å². The van der Waals surface area contributed by atoms with Gasteiger partial charge in [-0.05, 0) is 57.3 Å². The Morgan fingerprint density at radius 1 is 0.348 bits per heavy atom. The van der Waals surface area contributed by atoms with Crippen molar-refractivity contribution in [3.8, 4) is 0 Å². The number of phosphoric ester groups is 2. The molecule has 0 radical (unpaired) electrons. The van der Waals surface area contributed by atoms with Crippen LogP contribution in [0.25, 0.3) is 0 Å². The molecule has 6 atom stereocenters. The summed E-state index contributed by atoms with van der Waals surface area (Å²) in [5, 5.41) is 10.6. The maximum atomic E-state index is 13.0. The Hall–Kier alpha value is -2.46. The lowest BCUT2D eigenvalue weighted by Gasteiger charge is -2.21. The van der Waals surface area contributed by atoms with E-state index in [0.29, 0.717) is 25.7 Å². The van der Waals surface area contributed by atoms with Gasteiger partial charge in [0.25, 0.3) is 0 Å². The third-order valence-corrected chi connectivity index (χ3v) is 18.7. The number of aliphatic hydroxyl groups excluding tert-OH is 1. The largest absolute Gasteiger partial charge is 0.472 e. The summed E-state index contributed by atoms with van der Waals surface area (Å²) in [6, 6.07) is 0. The molecule has 0 fully saturated rings. The number of esters is 4. The molecular formula is C73H138O17P2. The second kappa shape index (κ2) is 65.8. The molecule has 0 heterocycles. The lowest BCUT2D eigenvalue weighted by molar-refractivity contribution is -0.161. The first-order valence-electron chi connectivity index (χ1n) is 37.5. The van der Waals surface area contributed by atoms with Crippen molar-refractivity contribution in [2.45, 2.75) is 374 Å². The molecule has 0 bridgehead atoms. The van der Waals surface area contributed by atoms with Crippen molar-refractivity contribution in [3.63, 3.8) is 0 Å². The second-order valence-electron chi connectivity index (χ2n) is 25.9. The van der Waals surface area contributed by atoms with E-state index < -0.39 is 97.5 Å². The molecule has 0 saturated heterocycles. The quantitative estimate of drug-likeness (QED) is 0.0169. The fourth-order valence-corrected chi connectivity index (χ4v) is 12.2. The SMILES string of the molecule is CCCCCC/C=C\C=C/CCCCCCCC(=O)OC[C@H](COP(=O)(O)OC[C@@H](O)COP(=O)(O)OC[C@@H](COC(=O)CCCCCCCCC(C)CC)OC(=O)CCCCCCCCCCCCC)OC(=O)CCCCCCCCCCCCCCCCCC. The van der Waals surface area contributed by atoms with Gasteiger partial charge in [0, 0.05) is 25.7 Å². The van der Waals surface area contributed by atoms with Crippen LogP contribution in [0.15, 0.2) is 24.3 Å². The molecule has 0 spiro atoms. The Balaban J connectivity index is 5.28. The molecule has 92 heavy (non-hydrogen) atoms. The number of phosphoric acid groups is 2. The van der Waals surface area contributed by atoms with Crippen LogP contribution in [0.1, 0.15) is 356 Å². The summed E-state index contributed by atoms with van der Waals surface area (Å²) in [7, 11) is -9.91. The van der Waals surface area contributed by atoms with E-state index in [1.54, 1.807) is 0 Å². The van der Waals surface area contributed by atoms with E-state index in [0.717, 1.165) is 121 Å². The molecular weight excluding hydrogens is 1210 g/mol. The zero-order chi connectivity index (χ0) is 67.7. The van der Waals surface area contributed by atoms with Gasteiger partial charge in [0.1, 0.15) is 19.3 Å². The van der Waals surface area contributed by atoms with Gasteiger partial charge in [-0.1, -0.05) is 303 Å². The second-order valence-corrected chi connectivity index (χ2v) is 28.8. The van der Waals surface area contributed by atoms with E-state index in [1.165, 1.54) is 154 Å². The predicted molar refractivity (Wildman–Crippen MR) is 372 cm³/mol. The molecule has 0 aromatic heterocycles. The minimum atomic E-state index is -4.96. The Morgan fingerprint density at radius 3 is 0.924 bits per heavy atom. The van der Waals surface area contributed by atoms with Gasteiger partial charge in [-0.3, -0.25) is 37.3 Å². The highest BCUT2D eigenvalue weighted by atomic mass is 31.2. The number of rotatable bonds is 71.